The summed E-state index contributed by atoms with van der Waals surface area (Å²) in [6, 6.07) is 8.59. The van der Waals surface area contributed by atoms with E-state index < -0.39 is 0 Å². The maximum atomic E-state index is 5.77. The Morgan fingerprint density at radius 2 is 1.85 bits per heavy atom. The van der Waals surface area contributed by atoms with Crippen LogP contribution >= 0.6 is 0 Å². The predicted molar refractivity (Wildman–Crippen MR) is 83.3 cm³/mol. The number of nitrogens with two attached hydrogens (primary N) is 1. The van der Waals surface area contributed by atoms with E-state index in [0.717, 1.165) is 28.9 Å². The van der Waals surface area contributed by atoms with Crippen LogP contribution in [0.4, 0.5) is 5.69 Å². The molecule has 20 heavy (non-hydrogen) atoms. The third kappa shape index (κ3) is 2.45. The molecule has 2 N–H and O–H groups in total. The SMILES string of the molecule is CC1CCC(n2ccnc2-c2ccc(N)cc2)CC1C. The first-order valence-corrected chi connectivity index (χ1v) is 7.54. The van der Waals surface area contributed by atoms with Crippen molar-refractivity contribution in [3.63, 3.8) is 0 Å². The zero-order chi connectivity index (χ0) is 14.1. The van der Waals surface area contributed by atoms with Crippen LogP contribution in [0.1, 0.15) is 39.2 Å². The van der Waals surface area contributed by atoms with Crippen LogP contribution in [-0.2, 0) is 0 Å². The molecule has 3 rings (SSSR count). The maximum absolute atomic E-state index is 5.77. The number of hydrogen-bond donors (Lipinski definition) is 1. The minimum atomic E-state index is 0.580. The number of aromatic nitrogens is 2. The molecule has 106 valence electrons. The van der Waals surface area contributed by atoms with Gasteiger partial charge >= 0.3 is 0 Å². The predicted octanol–water partition coefficient (Wildman–Crippen LogP) is 4.13. The molecule has 1 saturated carbocycles. The number of nitrogens with zero attached hydrogens (tertiary/aromatic N) is 2. The summed E-state index contributed by atoms with van der Waals surface area (Å²) >= 11 is 0. The molecule has 3 atom stereocenters. The summed E-state index contributed by atoms with van der Waals surface area (Å²) in [4.78, 5) is 4.56. The molecule has 0 spiro atoms. The second-order valence-electron chi connectivity index (χ2n) is 6.20. The van der Waals surface area contributed by atoms with E-state index in [2.05, 4.69) is 41.7 Å². The average molecular weight is 269 g/mol. The van der Waals surface area contributed by atoms with Crippen LogP contribution in [0, 0.1) is 11.8 Å². The molecule has 0 amide bonds. The normalized spacial score (nSPS) is 26.6. The first-order chi connectivity index (χ1) is 9.65. The van der Waals surface area contributed by atoms with Crippen LogP contribution in [0.5, 0.6) is 0 Å². The number of benzene rings is 1. The Morgan fingerprint density at radius 3 is 2.55 bits per heavy atom. The fraction of sp³-hybridized carbons (Fsp3) is 0.471. The summed E-state index contributed by atoms with van der Waals surface area (Å²) in [5.74, 6) is 2.70. The topological polar surface area (TPSA) is 43.8 Å². The molecule has 0 bridgehead atoms. The zero-order valence-corrected chi connectivity index (χ0v) is 12.3. The Hall–Kier alpha value is -1.77. The molecule has 1 aliphatic carbocycles. The van der Waals surface area contributed by atoms with Gasteiger partial charge < -0.3 is 10.3 Å². The molecule has 2 aromatic rings. The molecule has 1 heterocycles. The van der Waals surface area contributed by atoms with Crippen molar-refractivity contribution in [1.82, 2.24) is 9.55 Å². The monoisotopic (exact) mass is 269 g/mol. The van der Waals surface area contributed by atoms with Crippen molar-refractivity contribution in [3.8, 4) is 11.4 Å². The van der Waals surface area contributed by atoms with Crippen LogP contribution in [-0.4, -0.2) is 9.55 Å². The summed E-state index contributed by atoms with van der Waals surface area (Å²) < 4.78 is 2.36. The van der Waals surface area contributed by atoms with Crippen LogP contribution in [0.3, 0.4) is 0 Å². The lowest BCUT2D eigenvalue weighted by molar-refractivity contribution is 0.211. The minimum absolute atomic E-state index is 0.580. The van der Waals surface area contributed by atoms with E-state index in [-0.39, 0.29) is 0 Å². The Morgan fingerprint density at radius 1 is 1.10 bits per heavy atom. The highest BCUT2D eigenvalue weighted by Gasteiger charge is 2.26. The number of hydrogen-bond acceptors (Lipinski definition) is 2. The number of anilines is 1. The third-order valence-electron chi connectivity index (χ3n) is 4.80. The van der Waals surface area contributed by atoms with Crippen molar-refractivity contribution in [1.29, 1.82) is 0 Å². The highest BCUT2D eigenvalue weighted by Crippen LogP contribution is 2.37. The molecule has 1 aromatic carbocycles. The van der Waals surface area contributed by atoms with Crippen molar-refractivity contribution in [2.24, 2.45) is 11.8 Å². The van der Waals surface area contributed by atoms with Crippen molar-refractivity contribution < 1.29 is 0 Å². The number of nitrogen functional groups attached to an aromatic ring is 1. The second-order valence-corrected chi connectivity index (χ2v) is 6.20. The molecule has 1 fully saturated rings. The Bertz CT molecular complexity index is 570. The van der Waals surface area contributed by atoms with Crippen LogP contribution in [0.2, 0.25) is 0 Å². The van der Waals surface area contributed by atoms with Crippen LogP contribution < -0.4 is 5.73 Å². The first kappa shape index (κ1) is 13.2. The maximum Gasteiger partial charge on any atom is 0.140 e. The van der Waals surface area contributed by atoms with Gasteiger partial charge in [0.25, 0.3) is 0 Å². The third-order valence-corrected chi connectivity index (χ3v) is 4.80. The van der Waals surface area contributed by atoms with Gasteiger partial charge in [-0.25, -0.2) is 4.98 Å². The fourth-order valence-electron chi connectivity index (χ4n) is 3.24. The molecule has 3 unspecified atom stereocenters. The van der Waals surface area contributed by atoms with Crippen molar-refractivity contribution in [3.05, 3.63) is 36.7 Å². The molecule has 1 aliphatic rings. The van der Waals surface area contributed by atoms with Gasteiger partial charge in [-0.15, -0.1) is 0 Å². The Kier molecular flexibility index (Phi) is 3.51. The van der Waals surface area contributed by atoms with Gasteiger partial charge in [0, 0.05) is 29.7 Å². The molecule has 3 heteroatoms. The lowest BCUT2D eigenvalue weighted by Gasteiger charge is -2.33. The molecular weight excluding hydrogens is 246 g/mol. The lowest BCUT2D eigenvalue weighted by atomic mass is 9.79. The minimum Gasteiger partial charge on any atom is -0.399 e. The summed E-state index contributed by atoms with van der Waals surface area (Å²) in [5, 5.41) is 0. The zero-order valence-electron chi connectivity index (χ0n) is 12.3. The quantitative estimate of drug-likeness (QED) is 0.833. The summed E-state index contributed by atoms with van der Waals surface area (Å²) in [6.45, 7) is 4.74. The lowest BCUT2D eigenvalue weighted by Crippen LogP contribution is -2.23. The standard InChI is InChI=1S/C17H23N3/c1-12-3-8-16(11-13(12)2)20-10-9-19-17(20)14-4-6-15(18)7-5-14/h4-7,9-10,12-13,16H,3,8,11,18H2,1-2H3. The van der Waals surface area contributed by atoms with Crippen LogP contribution in [0.25, 0.3) is 11.4 Å². The highest BCUT2D eigenvalue weighted by molar-refractivity contribution is 5.59. The molecule has 0 aliphatic heterocycles. The Labute approximate surface area is 120 Å². The summed E-state index contributed by atoms with van der Waals surface area (Å²) in [6.07, 6.45) is 7.85. The Balaban J connectivity index is 1.88. The van der Waals surface area contributed by atoms with Crippen molar-refractivity contribution >= 4 is 5.69 Å². The molecule has 0 radical (unpaired) electrons. The number of imidazole rings is 1. The van der Waals surface area contributed by atoms with Crippen molar-refractivity contribution in [2.75, 3.05) is 5.73 Å². The van der Waals surface area contributed by atoms with Gasteiger partial charge in [-0.1, -0.05) is 13.8 Å². The second kappa shape index (κ2) is 5.31. The largest absolute Gasteiger partial charge is 0.399 e. The van der Waals surface area contributed by atoms with E-state index in [1.807, 2.05) is 18.3 Å². The van der Waals surface area contributed by atoms with E-state index in [1.54, 1.807) is 0 Å². The highest BCUT2D eigenvalue weighted by atomic mass is 15.1. The summed E-state index contributed by atoms with van der Waals surface area (Å²) in [5.41, 5.74) is 7.71. The van der Waals surface area contributed by atoms with Gasteiger partial charge in [0.15, 0.2) is 0 Å². The van der Waals surface area contributed by atoms with Gasteiger partial charge in [-0.05, 0) is 55.4 Å². The van der Waals surface area contributed by atoms with Crippen molar-refractivity contribution in [2.45, 2.75) is 39.2 Å². The molecule has 0 saturated heterocycles. The van der Waals surface area contributed by atoms with E-state index in [1.165, 1.54) is 19.3 Å². The average Bonchev–Trinajstić information content (AvgIpc) is 2.92. The first-order valence-electron chi connectivity index (χ1n) is 7.54. The van der Waals surface area contributed by atoms with Gasteiger partial charge in [0.1, 0.15) is 5.82 Å². The van der Waals surface area contributed by atoms with Gasteiger partial charge in [-0.2, -0.15) is 0 Å². The van der Waals surface area contributed by atoms with Gasteiger partial charge in [0.2, 0.25) is 0 Å². The van der Waals surface area contributed by atoms with E-state index in [0.29, 0.717) is 6.04 Å². The molecule has 3 nitrogen and oxygen atoms in total. The van der Waals surface area contributed by atoms with E-state index in [9.17, 15) is 0 Å². The molecular formula is C17H23N3. The van der Waals surface area contributed by atoms with Gasteiger partial charge in [-0.3, -0.25) is 0 Å². The fourth-order valence-corrected chi connectivity index (χ4v) is 3.24. The number of rotatable bonds is 2. The summed E-state index contributed by atoms with van der Waals surface area (Å²) in [7, 11) is 0. The smallest absolute Gasteiger partial charge is 0.140 e. The van der Waals surface area contributed by atoms with E-state index >= 15 is 0 Å². The van der Waals surface area contributed by atoms with Crippen LogP contribution in [0.15, 0.2) is 36.7 Å². The van der Waals surface area contributed by atoms with Gasteiger partial charge in [0.05, 0.1) is 0 Å². The molecule has 1 aromatic heterocycles. The van der Waals surface area contributed by atoms with E-state index in [4.69, 9.17) is 5.73 Å².